The minimum absolute atomic E-state index is 0.0616. The van der Waals surface area contributed by atoms with Crippen LogP contribution in [0.5, 0.6) is 0 Å². The zero-order valence-electron chi connectivity index (χ0n) is 45.2. The van der Waals surface area contributed by atoms with E-state index in [0.717, 1.165) is 63.7 Å². The molecule has 0 aromatic rings. The van der Waals surface area contributed by atoms with Gasteiger partial charge >= 0.3 is 17.9 Å². The van der Waals surface area contributed by atoms with Gasteiger partial charge in [-0.1, -0.05) is 304 Å². The molecule has 0 amide bonds. The number of hydrogen-bond acceptors (Lipinski definition) is 6. The number of carbonyl (C=O) groups is 3. The number of unbranched alkanes of at least 4 members (excludes halogenated alkanes) is 42. The predicted octanol–water partition coefficient (Wildman–Crippen LogP) is 19.8. The molecule has 0 spiro atoms. The Balaban J connectivity index is 4.24. The Labute approximate surface area is 412 Å². The second kappa shape index (κ2) is 54.4. The molecule has 0 rings (SSSR count). The summed E-state index contributed by atoms with van der Waals surface area (Å²) in [4.78, 5) is 38.1. The van der Waals surface area contributed by atoms with Crippen LogP contribution in [-0.4, -0.2) is 37.2 Å². The summed E-state index contributed by atoms with van der Waals surface area (Å²) in [7, 11) is 0. The fourth-order valence-electron chi connectivity index (χ4n) is 9.28. The van der Waals surface area contributed by atoms with Crippen LogP contribution in [0.2, 0.25) is 0 Å². The molecule has 0 fully saturated rings. The molecule has 0 N–H and O–H groups in total. The standard InChI is InChI=1S/C60H116O6/c1-5-7-9-11-13-15-17-18-19-20-21-22-25-28-32-36-40-44-48-52-59(62)65-55-57(54-64-58(61)51-47-43-39-35-30-16-14-12-10-8-6-2)66-60(63)53-49-45-41-37-33-29-26-23-24-27-31-34-38-42-46-50-56(3)4/h56-57H,5-55H2,1-4H3/t57-/m0/s1. The molecule has 0 aromatic heterocycles. The molecule has 66 heavy (non-hydrogen) atoms. The van der Waals surface area contributed by atoms with Crippen LogP contribution in [0.1, 0.15) is 342 Å². The van der Waals surface area contributed by atoms with Gasteiger partial charge in [0.2, 0.25) is 0 Å². The highest BCUT2D eigenvalue weighted by Crippen LogP contribution is 2.18. The Morgan fingerprint density at radius 3 is 0.742 bits per heavy atom. The van der Waals surface area contributed by atoms with E-state index >= 15 is 0 Å². The van der Waals surface area contributed by atoms with Crippen LogP contribution >= 0.6 is 0 Å². The Morgan fingerprint density at radius 2 is 0.500 bits per heavy atom. The molecule has 0 unspecified atom stereocenters. The van der Waals surface area contributed by atoms with Crippen LogP contribution in [0.4, 0.5) is 0 Å². The van der Waals surface area contributed by atoms with Gasteiger partial charge in [0.25, 0.3) is 0 Å². The first-order valence-electron chi connectivity index (χ1n) is 29.9. The van der Waals surface area contributed by atoms with Gasteiger partial charge in [-0.2, -0.15) is 0 Å². The number of ether oxygens (including phenoxy) is 3. The van der Waals surface area contributed by atoms with Gasteiger partial charge in [-0.15, -0.1) is 0 Å². The fraction of sp³-hybridized carbons (Fsp3) is 0.950. The van der Waals surface area contributed by atoms with Gasteiger partial charge in [0.05, 0.1) is 0 Å². The quantitative estimate of drug-likeness (QED) is 0.0343. The summed E-state index contributed by atoms with van der Waals surface area (Å²) < 4.78 is 16.9. The zero-order valence-corrected chi connectivity index (χ0v) is 45.2. The Hall–Kier alpha value is -1.59. The van der Waals surface area contributed by atoms with Crippen molar-refractivity contribution in [3.63, 3.8) is 0 Å². The summed E-state index contributed by atoms with van der Waals surface area (Å²) >= 11 is 0. The molecule has 0 saturated heterocycles. The molecular weight excluding hydrogens is 817 g/mol. The van der Waals surface area contributed by atoms with Crippen LogP contribution in [0.25, 0.3) is 0 Å². The van der Waals surface area contributed by atoms with Gasteiger partial charge < -0.3 is 14.2 Å². The average Bonchev–Trinajstić information content (AvgIpc) is 3.30. The van der Waals surface area contributed by atoms with Crippen molar-refractivity contribution in [1.82, 2.24) is 0 Å². The maximum Gasteiger partial charge on any atom is 0.306 e. The van der Waals surface area contributed by atoms with Crippen LogP contribution in [0.15, 0.2) is 0 Å². The number of hydrogen-bond donors (Lipinski definition) is 0. The van der Waals surface area contributed by atoms with Crippen LogP contribution in [-0.2, 0) is 28.6 Å². The lowest BCUT2D eigenvalue weighted by Gasteiger charge is -2.18. The van der Waals surface area contributed by atoms with E-state index in [1.807, 2.05) is 0 Å². The molecule has 0 aromatic carbocycles. The van der Waals surface area contributed by atoms with Crippen molar-refractivity contribution in [1.29, 1.82) is 0 Å². The molecule has 0 aliphatic rings. The third kappa shape index (κ3) is 53.4. The highest BCUT2D eigenvalue weighted by atomic mass is 16.6. The number of esters is 3. The lowest BCUT2D eigenvalue weighted by atomic mass is 10.0. The van der Waals surface area contributed by atoms with Gasteiger partial charge in [-0.3, -0.25) is 14.4 Å². The lowest BCUT2D eigenvalue weighted by Crippen LogP contribution is -2.30. The van der Waals surface area contributed by atoms with Crippen molar-refractivity contribution in [3.8, 4) is 0 Å². The minimum Gasteiger partial charge on any atom is -0.462 e. The van der Waals surface area contributed by atoms with E-state index in [4.69, 9.17) is 14.2 Å². The molecule has 392 valence electrons. The molecule has 0 bridgehead atoms. The molecule has 0 aliphatic heterocycles. The predicted molar refractivity (Wildman–Crippen MR) is 284 cm³/mol. The molecule has 0 radical (unpaired) electrons. The molecule has 1 atom stereocenters. The molecular formula is C60H116O6. The van der Waals surface area contributed by atoms with Crippen LogP contribution in [0.3, 0.4) is 0 Å². The van der Waals surface area contributed by atoms with E-state index in [-0.39, 0.29) is 31.1 Å². The van der Waals surface area contributed by atoms with E-state index in [2.05, 4.69) is 27.7 Å². The van der Waals surface area contributed by atoms with Crippen LogP contribution < -0.4 is 0 Å². The van der Waals surface area contributed by atoms with E-state index in [0.29, 0.717) is 19.3 Å². The summed E-state index contributed by atoms with van der Waals surface area (Å²) in [6.07, 6.45) is 59.6. The topological polar surface area (TPSA) is 78.9 Å². The van der Waals surface area contributed by atoms with E-state index in [1.165, 1.54) is 238 Å². The zero-order chi connectivity index (χ0) is 48.1. The maximum absolute atomic E-state index is 12.9. The SMILES string of the molecule is CCCCCCCCCCCCCCCCCCCCCC(=O)OC[C@H](COC(=O)CCCCCCCCCCCCC)OC(=O)CCCCCCCCCCCCCCCCCC(C)C. The van der Waals surface area contributed by atoms with Crippen molar-refractivity contribution < 1.29 is 28.6 Å². The molecule has 0 saturated carbocycles. The Bertz CT molecular complexity index is 996. The lowest BCUT2D eigenvalue weighted by molar-refractivity contribution is -0.167. The molecule has 6 heteroatoms. The highest BCUT2D eigenvalue weighted by Gasteiger charge is 2.19. The summed E-state index contributed by atoms with van der Waals surface area (Å²) in [6, 6.07) is 0. The number of rotatable bonds is 55. The van der Waals surface area contributed by atoms with Gasteiger partial charge in [-0.25, -0.2) is 0 Å². The van der Waals surface area contributed by atoms with Gasteiger partial charge in [0.15, 0.2) is 6.10 Å². The molecule has 0 aliphatic carbocycles. The van der Waals surface area contributed by atoms with Gasteiger partial charge in [0, 0.05) is 19.3 Å². The molecule has 0 heterocycles. The average molecular weight is 934 g/mol. The minimum atomic E-state index is -0.762. The van der Waals surface area contributed by atoms with Crippen molar-refractivity contribution in [2.75, 3.05) is 13.2 Å². The molecule has 6 nitrogen and oxygen atoms in total. The van der Waals surface area contributed by atoms with Gasteiger partial charge in [0.1, 0.15) is 13.2 Å². The first-order valence-corrected chi connectivity index (χ1v) is 29.9. The second-order valence-electron chi connectivity index (χ2n) is 21.1. The first-order chi connectivity index (χ1) is 32.4. The number of carbonyl (C=O) groups excluding carboxylic acids is 3. The third-order valence-electron chi connectivity index (χ3n) is 13.8. The smallest absolute Gasteiger partial charge is 0.306 e. The highest BCUT2D eigenvalue weighted by molar-refractivity contribution is 5.71. The maximum atomic E-state index is 12.9. The largest absolute Gasteiger partial charge is 0.462 e. The fourth-order valence-corrected chi connectivity index (χ4v) is 9.28. The normalized spacial score (nSPS) is 12.0. The van der Waals surface area contributed by atoms with E-state index in [9.17, 15) is 14.4 Å². The van der Waals surface area contributed by atoms with Crippen LogP contribution in [0, 0.1) is 5.92 Å². The van der Waals surface area contributed by atoms with Crippen molar-refractivity contribution in [2.24, 2.45) is 5.92 Å². The third-order valence-corrected chi connectivity index (χ3v) is 13.8. The summed E-state index contributed by atoms with van der Waals surface area (Å²) in [6.45, 7) is 9.07. The van der Waals surface area contributed by atoms with E-state index in [1.54, 1.807) is 0 Å². The second-order valence-corrected chi connectivity index (χ2v) is 21.1. The summed E-state index contributed by atoms with van der Waals surface area (Å²) in [5, 5.41) is 0. The summed E-state index contributed by atoms with van der Waals surface area (Å²) in [5.41, 5.74) is 0. The summed E-state index contributed by atoms with van der Waals surface area (Å²) in [5.74, 6) is 0.0137. The van der Waals surface area contributed by atoms with E-state index < -0.39 is 6.10 Å². The Morgan fingerprint density at radius 1 is 0.288 bits per heavy atom. The monoisotopic (exact) mass is 933 g/mol. The van der Waals surface area contributed by atoms with Crippen molar-refractivity contribution >= 4 is 17.9 Å². The van der Waals surface area contributed by atoms with Crippen molar-refractivity contribution in [2.45, 2.75) is 348 Å². The van der Waals surface area contributed by atoms with Gasteiger partial charge in [-0.05, 0) is 25.2 Å². The first kappa shape index (κ1) is 64.4. The Kier molecular flexibility index (Phi) is 53.0. The van der Waals surface area contributed by atoms with Crippen molar-refractivity contribution in [3.05, 3.63) is 0 Å².